The van der Waals surface area contributed by atoms with Gasteiger partial charge in [0, 0.05) is 57.1 Å². The number of nitrogens with zero attached hydrogens (tertiary/aromatic N) is 4. The van der Waals surface area contributed by atoms with Crippen molar-refractivity contribution in [2.75, 3.05) is 46.3 Å². The Morgan fingerprint density at radius 1 is 1.21 bits per heavy atom. The molecule has 0 aliphatic carbocycles. The van der Waals surface area contributed by atoms with Crippen molar-refractivity contribution in [1.29, 1.82) is 0 Å². The predicted octanol–water partition coefficient (Wildman–Crippen LogP) is 1.73. The van der Waals surface area contributed by atoms with Crippen molar-refractivity contribution in [1.82, 2.24) is 19.7 Å². The van der Waals surface area contributed by atoms with Gasteiger partial charge in [0.25, 0.3) is 0 Å². The summed E-state index contributed by atoms with van der Waals surface area (Å²) in [6.07, 6.45) is 2.00. The summed E-state index contributed by atoms with van der Waals surface area (Å²) in [5.41, 5.74) is 3.60. The highest BCUT2D eigenvalue weighted by molar-refractivity contribution is 5.78. The molecule has 1 saturated heterocycles. The number of piperazine rings is 1. The molecule has 0 bridgehead atoms. The van der Waals surface area contributed by atoms with Gasteiger partial charge in [-0.1, -0.05) is 19.9 Å². The molecule has 132 valence electrons. The van der Waals surface area contributed by atoms with Gasteiger partial charge in [-0.15, -0.1) is 0 Å². The van der Waals surface area contributed by atoms with Crippen LogP contribution >= 0.6 is 0 Å². The summed E-state index contributed by atoms with van der Waals surface area (Å²) >= 11 is 0. The quantitative estimate of drug-likeness (QED) is 0.843. The normalized spacial score (nSPS) is 20.7. The predicted molar refractivity (Wildman–Crippen MR) is 96.0 cm³/mol. The third kappa shape index (κ3) is 3.95. The lowest BCUT2D eigenvalue weighted by Gasteiger charge is -2.34. The highest BCUT2D eigenvalue weighted by atomic mass is 16.2. The first-order chi connectivity index (χ1) is 11.6. The van der Waals surface area contributed by atoms with E-state index in [9.17, 15) is 4.79 Å². The maximum absolute atomic E-state index is 12.6. The molecule has 1 unspecified atom stereocenters. The average Bonchev–Trinajstić information content (AvgIpc) is 2.62. The van der Waals surface area contributed by atoms with Gasteiger partial charge in [-0.05, 0) is 31.0 Å². The molecule has 0 saturated carbocycles. The fourth-order valence-corrected chi connectivity index (χ4v) is 3.43. The summed E-state index contributed by atoms with van der Waals surface area (Å²) in [6, 6.07) is 4.32. The number of amides is 1. The third-order valence-electron chi connectivity index (χ3n) is 5.49. The minimum absolute atomic E-state index is 0.260. The van der Waals surface area contributed by atoms with E-state index >= 15 is 0 Å². The molecule has 5 heteroatoms. The van der Waals surface area contributed by atoms with Crippen LogP contribution in [0.1, 0.15) is 43.1 Å². The fourth-order valence-electron chi connectivity index (χ4n) is 3.43. The van der Waals surface area contributed by atoms with Crippen molar-refractivity contribution >= 4 is 5.91 Å². The molecule has 3 rings (SSSR count). The number of likely N-dealkylation sites (N-methyl/N-ethyl adjacent to an activating group) is 1. The molecule has 0 spiro atoms. The van der Waals surface area contributed by atoms with Crippen LogP contribution in [0.25, 0.3) is 0 Å². The Bertz CT molecular complexity index is 581. The Hall–Kier alpha value is -1.46. The molecule has 2 aliphatic rings. The minimum Gasteiger partial charge on any atom is -0.337 e. The van der Waals surface area contributed by atoms with Crippen LogP contribution in [0.3, 0.4) is 0 Å². The van der Waals surface area contributed by atoms with Gasteiger partial charge >= 0.3 is 0 Å². The molecule has 0 aromatic carbocycles. The Balaban J connectivity index is 1.59. The van der Waals surface area contributed by atoms with Crippen LogP contribution in [0.5, 0.6) is 0 Å². The van der Waals surface area contributed by atoms with Crippen molar-refractivity contribution in [3.63, 3.8) is 0 Å². The van der Waals surface area contributed by atoms with Gasteiger partial charge in [-0.3, -0.25) is 14.7 Å². The third-order valence-corrected chi connectivity index (χ3v) is 5.49. The van der Waals surface area contributed by atoms with Crippen molar-refractivity contribution < 1.29 is 4.79 Å². The van der Waals surface area contributed by atoms with Gasteiger partial charge < -0.3 is 9.80 Å². The lowest BCUT2D eigenvalue weighted by atomic mass is 10.00. The van der Waals surface area contributed by atoms with Crippen molar-refractivity contribution in [3.8, 4) is 0 Å². The Morgan fingerprint density at radius 2 is 1.96 bits per heavy atom. The van der Waals surface area contributed by atoms with Crippen LogP contribution in [0.15, 0.2) is 12.1 Å². The summed E-state index contributed by atoms with van der Waals surface area (Å²) in [6.45, 7) is 10.6. The molecular weight excluding hydrogens is 300 g/mol. The second-order valence-electron chi connectivity index (χ2n) is 7.30. The number of aromatic nitrogens is 1. The maximum atomic E-state index is 12.6. The van der Waals surface area contributed by atoms with E-state index in [1.165, 1.54) is 17.0 Å². The van der Waals surface area contributed by atoms with Crippen LogP contribution in [0.2, 0.25) is 0 Å². The molecule has 0 radical (unpaired) electrons. The van der Waals surface area contributed by atoms with Crippen LogP contribution in [-0.2, 0) is 17.8 Å². The van der Waals surface area contributed by atoms with E-state index in [2.05, 4.69) is 42.8 Å². The topological polar surface area (TPSA) is 39.7 Å². The van der Waals surface area contributed by atoms with E-state index in [0.717, 1.165) is 52.1 Å². The first kappa shape index (κ1) is 17.4. The molecule has 0 N–H and O–H groups in total. The SMILES string of the molecule is CCC(C)c1ccc2c(n1)CCN(C(=O)CN1CCN(C)CC1)C2. The number of carbonyl (C=O) groups is 1. The lowest BCUT2D eigenvalue weighted by Crippen LogP contribution is -2.49. The van der Waals surface area contributed by atoms with E-state index in [1.807, 2.05) is 4.90 Å². The number of hydrogen-bond donors (Lipinski definition) is 0. The molecular formula is C19H30N4O. The van der Waals surface area contributed by atoms with E-state index < -0.39 is 0 Å². The zero-order valence-corrected chi connectivity index (χ0v) is 15.3. The highest BCUT2D eigenvalue weighted by Gasteiger charge is 2.24. The van der Waals surface area contributed by atoms with Crippen molar-refractivity contribution in [2.24, 2.45) is 0 Å². The summed E-state index contributed by atoms with van der Waals surface area (Å²) in [5.74, 6) is 0.767. The van der Waals surface area contributed by atoms with Gasteiger partial charge in [-0.2, -0.15) is 0 Å². The molecule has 1 aromatic heterocycles. The van der Waals surface area contributed by atoms with E-state index in [0.29, 0.717) is 12.5 Å². The first-order valence-electron chi connectivity index (χ1n) is 9.24. The number of fused-ring (bicyclic) bond motifs is 1. The smallest absolute Gasteiger partial charge is 0.237 e. The molecule has 3 heterocycles. The minimum atomic E-state index is 0.260. The van der Waals surface area contributed by atoms with Crippen LogP contribution < -0.4 is 0 Å². The largest absolute Gasteiger partial charge is 0.337 e. The molecule has 1 amide bonds. The second kappa shape index (κ2) is 7.62. The standard InChI is InChI=1S/C19H30N4O/c1-4-15(2)17-6-5-16-13-23(8-7-18(16)20-17)19(24)14-22-11-9-21(3)10-12-22/h5-6,15H,4,7-14H2,1-3H3. The van der Waals surface area contributed by atoms with Gasteiger partial charge in [0.15, 0.2) is 0 Å². The maximum Gasteiger partial charge on any atom is 0.237 e. The summed E-state index contributed by atoms with van der Waals surface area (Å²) in [5, 5.41) is 0. The Morgan fingerprint density at radius 3 is 2.67 bits per heavy atom. The van der Waals surface area contributed by atoms with Gasteiger partial charge in [0.2, 0.25) is 5.91 Å². The zero-order chi connectivity index (χ0) is 17.1. The number of pyridine rings is 1. The van der Waals surface area contributed by atoms with Gasteiger partial charge in [0.05, 0.1) is 6.54 Å². The molecule has 5 nitrogen and oxygen atoms in total. The molecule has 1 fully saturated rings. The van der Waals surface area contributed by atoms with Gasteiger partial charge in [0.1, 0.15) is 0 Å². The fraction of sp³-hybridized carbons (Fsp3) is 0.684. The molecule has 1 aromatic rings. The van der Waals surface area contributed by atoms with Crippen LogP contribution in [0, 0.1) is 0 Å². The van der Waals surface area contributed by atoms with Gasteiger partial charge in [-0.25, -0.2) is 0 Å². The highest BCUT2D eigenvalue weighted by Crippen LogP contribution is 2.22. The van der Waals surface area contributed by atoms with Crippen LogP contribution in [0.4, 0.5) is 0 Å². The first-order valence-corrected chi connectivity index (χ1v) is 9.24. The number of hydrogen-bond acceptors (Lipinski definition) is 4. The number of carbonyl (C=O) groups excluding carboxylic acids is 1. The van der Waals surface area contributed by atoms with E-state index in [1.54, 1.807) is 0 Å². The molecule has 2 aliphatic heterocycles. The molecule has 1 atom stereocenters. The van der Waals surface area contributed by atoms with Crippen molar-refractivity contribution in [2.45, 2.75) is 39.2 Å². The number of rotatable bonds is 4. The summed E-state index contributed by atoms with van der Waals surface area (Å²) < 4.78 is 0. The van der Waals surface area contributed by atoms with Crippen LogP contribution in [-0.4, -0.2) is 71.9 Å². The second-order valence-corrected chi connectivity index (χ2v) is 7.30. The van der Waals surface area contributed by atoms with E-state index in [-0.39, 0.29) is 5.91 Å². The van der Waals surface area contributed by atoms with Crippen molar-refractivity contribution in [3.05, 3.63) is 29.1 Å². The van der Waals surface area contributed by atoms with E-state index in [4.69, 9.17) is 4.98 Å². The zero-order valence-electron chi connectivity index (χ0n) is 15.3. The average molecular weight is 330 g/mol. The lowest BCUT2D eigenvalue weighted by molar-refractivity contribution is -0.133. The summed E-state index contributed by atoms with van der Waals surface area (Å²) in [7, 11) is 2.14. The summed E-state index contributed by atoms with van der Waals surface area (Å²) in [4.78, 5) is 24.1. The monoisotopic (exact) mass is 330 g/mol. The molecule has 24 heavy (non-hydrogen) atoms. The Kier molecular flexibility index (Phi) is 5.51. The Labute approximate surface area is 145 Å².